The molecule has 1 aromatic heterocycles. The first-order valence-corrected chi connectivity index (χ1v) is 7.49. The number of aromatic nitrogens is 1. The summed E-state index contributed by atoms with van der Waals surface area (Å²) in [5.74, 6) is 0.979. The van der Waals surface area contributed by atoms with Gasteiger partial charge in [0.1, 0.15) is 5.82 Å². The monoisotopic (exact) mass is 333 g/mol. The first kappa shape index (κ1) is 15.0. The number of nitrogens with zero attached hydrogens (tertiary/aromatic N) is 2. The van der Waals surface area contributed by atoms with Gasteiger partial charge in [0.05, 0.1) is 0 Å². The van der Waals surface area contributed by atoms with Crippen LogP contribution in [0, 0.1) is 0 Å². The van der Waals surface area contributed by atoms with Gasteiger partial charge in [-0.3, -0.25) is 0 Å². The van der Waals surface area contributed by atoms with E-state index in [2.05, 4.69) is 75.4 Å². The minimum Gasteiger partial charge on any atom is -0.355 e. The Morgan fingerprint density at radius 3 is 2.60 bits per heavy atom. The number of hydrogen-bond acceptors (Lipinski definition) is 3. The van der Waals surface area contributed by atoms with Gasteiger partial charge in [-0.1, -0.05) is 40.2 Å². The van der Waals surface area contributed by atoms with Crippen molar-refractivity contribution in [3.8, 4) is 0 Å². The Labute approximate surface area is 129 Å². The molecule has 3 nitrogen and oxygen atoms in total. The van der Waals surface area contributed by atoms with Crippen LogP contribution in [-0.2, 0) is 6.54 Å². The van der Waals surface area contributed by atoms with E-state index in [4.69, 9.17) is 0 Å². The van der Waals surface area contributed by atoms with Crippen molar-refractivity contribution in [2.75, 3.05) is 19.0 Å². The zero-order valence-corrected chi connectivity index (χ0v) is 13.7. The summed E-state index contributed by atoms with van der Waals surface area (Å²) in [6.45, 7) is 2.96. The Balaban J connectivity index is 2.10. The molecule has 1 heterocycles. The second-order valence-electron chi connectivity index (χ2n) is 4.91. The average Bonchev–Trinajstić information content (AvgIpc) is 2.49. The van der Waals surface area contributed by atoms with Crippen LogP contribution in [0.4, 0.5) is 5.82 Å². The van der Waals surface area contributed by atoms with Gasteiger partial charge in [0.2, 0.25) is 0 Å². The van der Waals surface area contributed by atoms with Crippen molar-refractivity contribution in [3.05, 3.63) is 58.2 Å². The summed E-state index contributed by atoms with van der Waals surface area (Å²) in [6, 6.07) is 12.8. The second-order valence-corrected chi connectivity index (χ2v) is 5.76. The molecule has 1 N–H and O–H groups in total. The van der Waals surface area contributed by atoms with Gasteiger partial charge < -0.3 is 10.2 Å². The summed E-state index contributed by atoms with van der Waals surface area (Å²) in [7, 11) is 4.01. The number of pyridine rings is 1. The molecule has 2 aromatic rings. The molecule has 106 valence electrons. The van der Waals surface area contributed by atoms with Gasteiger partial charge in [-0.25, -0.2) is 4.98 Å². The smallest absolute Gasteiger partial charge is 0.128 e. The number of halogens is 1. The zero-order chi connectivity index (χ0) is 14.5. The number of benzene rings is 1. The highest BCUT2D eigenvalue weighted by Gasteiger charge is 2.07. The largest absolute Gasteiger partial charge is 0.355 e. The quantitative estimate of drug-likeness (QED) is 0.902. The summed E-state index contributed by atoms with van der Waals surface area (Å²) in [5, 5.41) is 3.22. The summed E-state index contributed by atoms with van der Waals surface area (Å²) in [5.41, 5.74) is 2.45. The Kier molecular flexibility index (Phi) is 5.15. The summed E-state index contributed by atoms with van der Waals surface area (Å²) in [4.78, 5) is 6.69. The van der Waals surface area contributed by atoms with Crippen molar-refractivity contribution in [3.63, 3.8) is 0 Å². The topological polar surface area (TPSA) is 28.2 Å². The van der Waals surface area contributed by atoms with Crippen LogP contribution in [0.15, 0.2) is 47.1 Å². The van der Waals surface area contributed by atoms with Crippen LogP contribution in [0.1, 0.15) is 24.1 Å². The highest BCUT2D eigenvalue weighted by atomic mass is 79.9. The molecule has 0 fully saturated rings. The van der Waals surface area contributed by atoms with Crippen molar-refractivity contribution in [1.82, 2.24) is 10.3 Å². The maximum atomic E-state index is 4.54. The summed E-state index contributed by atoms with van der Waals surface area (Å²) in [6.07, 6.45) is 1.94. The molecule has 1 unspecified atom stereocenters. The van der Waals surface area contributed by atoms with E-state index in [0.717, 1.165) is 16.8 Å². The number of rotatable bonds is 5. The van der Waals surface area contributed by atoms with E-state index in [9.17, 15) is 0 Å². The van der Waals surface area contributed by atoms with Crippen LogP contribution in [-0.4, -0.2) is 19.1 Å². The van der Waals surface area contributed by atoms with Crippen molar-refractivity contribution >= 4 is 21.7 Å². The molecule has 0 aliphatic heterocycles. The molecule has 0 saturated heterocycles. The SMILES string of the molecule is CNC(C)c1ccc(N(C)Cc2ccccc2Br)nc1. The first-order valence-electron chi connectivity index (χ1n) is 6.69. The molecular weight excluding hydrogens is 314 g/mol. The van der Waals surface area contributed by atoms with Crippen molar-refractivity contribution < 1.29 is 0 Å². The van der Waals surface area contributed by atoms with Crippen LogP contribution in [0.5, 0.6) is 0 Å². The van der Waals surface area contributed by atoms with E-state index >= 15 is 0 Å². The lowest BCUT2D eigenvalue weighted by atomic mass is 10.1. The second kappa shape index (κ2) is 6.86. The highest BCUT2D eigenvalue weighted by Crippen LogP contribution is 2.20. The van der Waals surface area contributed by atoms with Crippen LogP contribution in [0.2, 0.25) is 0 Å². The normalized spacial score (nSPS) is 12.2. The lowest BCUT2D eigenvalue weighted by Gasteiger charge is -2.20. The minimum atomic E-state index is 0.324. The lowest BCUT2D eigenvalue weighted by molar-refractivity contribution is 0.649. The van der Waals surface area contributed by atoms with Crippen LogP contribution in [0.3, 0.4) is 0 Å². The molecule has 4 heteroatoms. The third-order valence-corrected chi connectivity index (χ3v) is 4.23. The maximum absolute atomic E-state index is 4.54. The fourth-order valence-corrected chi connectivity index (χ4v) is 2.42. The Morgan fingerprint density at radius 2 is 2.00 bits per heavy atom. The van der Waals surface area contributed by atoms with Gasteiger partial charge in [-0.05, 0) is 37.2 Å². The van der Waals surface area contributed by atoms with Crippen molar-refractivity contribution in [2.24, 2.45) is 0 Å². The van der Waals surface area contributed by atoms with Gasteiger partial charge in [0.25, 0.3) is 0 Å². The van der Waals surface area contributed by atoms with Gasteiger partial charge in [0.15, 0.2) is 0 Å². The molecule has 0 radical (unpaired) electrons. The number of anilines is 1. The van der Waals surface area contributed by atoms with Gasteiger partial charge >= 0.3 is 0 Å². The zero-order valence-electron chi connectivity index (χ0n) is 12.1. The lowest BCUT2D eigenvalue weighted by Crippen LogP contribution is -2.18. The molecule has 0 spiro atoms. The van der Waals surface area contributed by atoms with Gasteiger partial charge in [-0.2, -0.15) is 0 Å². The Morgan fingerprint density at radius 1 is 1.25 bits per heavy atom. The number of hydrogen-bond donors (Lipinski definition) is 1. The molecule has 0 aliphatic rings. The van der Waals surface area contributed by atoms with Gasteiger partial charge in [0, 0.05) is 30.3 Å². The first-order chi connectivity index (χ1) is 9.61. The third-order valence-electron chi connectivity index (χ3n) is 3.46. The van der Waals surface area contributed by atoms with E-state index in [1.165, 1.54) is 11.1 Å². The average molecular weight is 334 g/mol. The highest BCUT2D eigenvalue weighted by molar-refractivity contribution is 9.10. The molecule has 1 atom stereocenters. The Hall–Kier alpha value is -1.39. The Bertz CT molecular complexity index is 554. The fraction of sp³-hybridized carbons (Fsp3) is 0.312. The van der Waals surface area contributed by atoms with Crippen molar-refractivity contribution in [2.45, 2.75) is 19.5 Å². The third kappa shape index (κ3) is 3.58. The van der Waals surface area contributed by atoms with E-state index in [1.54, 1.807) is 0 Å². The van der Waals surface area contributed by atoms with Gasteiger partial charge in [-0.15, -0.1) is 0 Å². The summed E-state index contributed by atoms with van der Waals surface area (Å²) >= 11 is 3.58. The predicted molar refractivity (Wildman–Crippen MR) is 88.0 cm³/mol. The van der Waals surface area contributed by atoms with Crippen LogP contribution < -0.4 is 10.2 Å². The molecule has 0 saturated carbocycles. The molecule has 1 aromatic carbocycles. The van der Waals surface area contributed by atoms with Crippen LogP contribution >= 0.6 is 15.9 Å². The minimum absolute atomic E-state index is 0.324. The van der Waals surface area contributed by atoms with Crippen LogP contribution in [0.25, 0.3) is 0 Å². The van der Waals surface area contributed by atoms with E-state index in [0.29, 0.717) is 6.04 Å². The number of nitrogens with one attached hydrogen (secondary N) is 1. The maximum Gasteiger partial charge on any atom is 0.128 e. The molecule has 2 rings (SSSR count). The molecule has 20 heavy (non-hydrogen) atoms. The molecule has 0 aliphatic carbocycles. The molecular formula is C16H20BrN3. The van der Waals surface area contributed by atoms with E-state index < -0.39 is 0 Å². The molecule has 0 amide bonds. The van der Waals surface area contributed by atoms with Crippen molar-refractivity contribution in [1.29, 1.82) is 0 Å². The van der Waals surface area contributed by atoms with E-state index in [-0.39, 0.29) is 0 Å². The summed E-state index contributed by atoms with van der Waals surface area (Å²) < 4.78 is 1.13. The standard InChI is InChI=1S/C16H20BrN3/c1-12(18-2)13-8-9-16(19-10-13)20(3)11-14-6-4-5-7-15(14)17/h4-10,12,18H,11H2,1-3H3. The predicted octanol–water partition coefficient (Wildman–Crippen LogP) is 3.76. The fourth-order valence-electron chi connectivity index (χ4n) is 2.01. The molecule has 0 bridgehead atoms. The van der Waals surface area contributed by atoms with E-state index in [1.807, 2.05) is 19.3 Å².